The van der Waals surface area contributed by atoms with Gasteiger partial charge in [0.2, 0.25) is 0 Å². The van der Waals surface area contributed by atoms with Crippen molar-refractivity contribution in [2.45, 2.75) is 32.6 Å². The molecule has 1 aliphatic rings. The lowest BCUT2D eigenvalue weighted by Crippen LogP contribution is -2.44. The Kier molecular flexibility index (Phi) is 5.47. The van der Waals surface area contributed by atoms with E-state index in [1.54, 1.807) is 0 Å². The third kappa shape index (κ3) is 4.08. The molecule has 2 amide bonds. The third-order valence-electron chi connectivity index (χ3n) is 3.00. The van der Waals surface area contributed by atoms with Gasteiger partial charge < -0.3 is 16.0 Å². The Morgan fingerprint density at radius 3 is 2.67 bits per heavy atom. The van der Waals surface area contributed by atoms with E-state index in [2.05, 4.69) is 12.2 Å². The average Bonchev–Trinajstić information content (AvgIpc) is 2.27. The van der Waals surface area contributed by atoms with E-state index in [0.29, 0.717) is 0 Å². The first-order valence-corrected chi connectivity index (χ1v) is 6.00. The van der Waals surface area contributed by atoms with Crippen LogP contribution in [0.3, 0.4) is 0 Å². The maximum absolute atomic E-state index is 11.6. The SMILES string of the molecule is CCCNC(=O)N1CCC(CCN)CC1. The first-order chi connectivity index (χ1) is 7.27. The van der Waals surface area contributed by atoms with Crippen LogP contribution in [0.5, 0.6) is 0 Å². The Hall–Kier alpha value is -0.770. The molecule has 0 bridgehead atoms. The molecule has 1 saturated heterocycles. The summed E-state index contributed by atoms with van der Waals surface area (Å²) < 4.78 is 0. The number of nitrogens with one attached hydrogen (secondary N) is 1. The summed E-state index contributed by atoms with van der Waals surface area (Å²) in [6, 6.07) is 0.100. The van der Waals surface area contributed by atoms with Gasteiger partial charge in [0.05, 0.1) is 0 Å². The summed E-state index contributed by atoms with van der Waals surface area (Å²) in [5, 5.41) is 2.91. The number of piperidine rings is 1. The third-order valence-corrected chi connectivity index (χ3v) is 3.00. The molecule has 0 radical (unpaired) electrons. The average molecular weight is 213 g/mol. The van der Waals surface area contributed by atoms with Gasteiger partial charge in [0, 0.05) is 19.6 Å². The first-order valence-electron chi connectivity index (χ1n) is 6.00. The van der Waals surface area contributed by atoms with Crippen molar-refractivity contribution in [3.8, 4) is 0 Å². The van der Waals surface area contributed by atoms with Gasteiger partial charge in [0.15, 0.2) is 0 Å². The fraction of sp³-hybridized carbons (Fsp3) is 0.909. The van der Waals surface area contributed by atoms with Crippen molar-refractivity contribution in [2.75, 3.05) is 26.2 Å². The number of amides is 2. The molecule has 1 heterocycles. The molecule has 0 unspecified atom stereocenters. The van der Waals surface area contributed by atoms with Gasteiger partial charge in [-0.1, -0.05) is 6.92 Å². The van der Waals surface area contributed by atoms with E-state index >= 15 is 0 Å². The molecule has 0 aromatic heterocycles. The Balaban J connectivity index is 2.21. The van der Waals surface area contributed by atoms with Crippen molar-refractivity contribution in [3.63, 3.8) is 0 Å². The molecule has 88 valence electrons. The second-order valence-corrected chi connectivity index (χ2v) is 4.24. The molecular formula is C11H23N3O. The van der Waals surface area contributed by atoms with Gasteiger partial charge in [0.25, 0.3) is 0 Å². The van der Waals surface area contributed by atoms with Crippen LogP contribution >= 0.6 is 0 Å². The second-order valence-electron chi connectivity index (χ2n) is 4.24. The maximum Gasteiger partial charge on any atom is 0.317 e. The van der Waals surface area contributed by atoms with Gasteiger partial charge in [-0.05, 0) is 38.1 Å². The predicted molar refractivity (Wildman–Crippen MR) is 61.7 cm³/mol. The highest BCUT2D eigenvalue weighted by atomic mass is 16.2. The number of hydrogen-bond donors (Lipinski definition) is 2. The lowest BCUT2D eigenvalue weighted by molar-refractivity contribution is 0.169. The number of carbonyl (C=O) groups excluding carboxylic acids is 1. The van der Waals surface area contributed by atoms with E-state index in [0.717, 1.165) is 57.8 Å². The fourth-order valence-corrected chi connectivity index (χ4v) is 2.00. The van der Waals surface area contributed by atoms with Crippen LogP contribution in [0, 0.1) is 5.92 Å². The van der Waals surface area contributed by atoms with Crippen molar-refractivity contribution in [1.29, 1.82) is 0 Å². The van der Waals surface area contributed by atoms with Crippen LogP contribution in [0.4, 0.5) is 4.79 Å². The van der Waals surface area contributed by atoms with E-state index in [4.69, 9.17) is 5.73 Å². The monoisotopic (exact) mass is 213 g/mol. The van der Waals surface area contributed by atoms with E-state index in [9.17, 15) is 4.79 Å². The van der Waals surface area contributed by atoms with Crippen LogP contribution < -0.4 is 11.1 Å². The number of likely N-dealkylation sites (tertiary alicyclic amines) is 1. The molecule has 0 aromatic rings. The van der Waals surface area contributed by atoms with E-state index in [-0.39, 0.29) is 6.03 Å². The molecular weight excluding hydrogens is 190 g/mol. The molecule has 0 aliphatic carbocycles. The molecule has 3 N–H and O–H groups in total. The Morgan fingerprint density at radius 1 is 1.47 bits per heavy atom. The van der Waals surface area contributed by atoms with Crippen molar-refractivity contribution in [1.82, 2.24) is 10.2 Å². The highest BCUT2D eigenvalue weighted by Gasteiger charge is 2.21. The minimum atomic E-state index is 0.100. The zero-order valence-corrected chi connectivity index (χ0v) is 9.67. The molecule has 0 spiro atoms. The zero-order valence-electron chi connectivity index (χ0n) is 9.67. The summed E-state index contributed by atoms with van der Waals surface area (Å²) in [7, 11) is 0. The lowest BCUT2D eigenvalue weighted by Gasteiger charge is -2.31. The Bertz CT molecular complexity index is 188. The van der Waals surface area contributed by atoms with Crippen LogP contribution in [0.25, 0.3) is 0 Å². The summed E-state index contributed by atoms with van der Waals surface area (Å²) in [6.07, 6.45) is 4.31. The van der Waals surface area contributed by atoms with Gasteiger partial charge in [-0.3, -0.25) is 0 Å². The van der Waals surface area contributed by atoms with E-state index < -0.39 is 0 Å². The number of hydrogen-bond acceptors (Lipinski definition) is 2. The standard InChI is InChI=1S/C11H23N3O/c1-2-7-13-11(15)14-8-4-10(3-6-12)5-9-14/h10H,2-9,12H2,1H3,(H,13,15). The summed E-state index contributed by atoms with van der Waals surface area (Å²) in [6.45, 7) is 5.39. The highest BCUT2D eigenvalue weighted by molar-refractivity contribution is 5.74. The summed E-state index contributed by atoms with van der Waals surface area (Å²) in [5.74, 6) is 0.727. The fourth-order valence-electron chi connectivity index (χ4n) is 2.00. The molecule has 1 fully saturated rings. The van der Waals surface area contributed by atoms with Crippen molar-refractivity contribution in [3.05, 3.63) is 0 Å². The maximum atomic E-state index is 11.6. The summed E-state index contributed by atoms with van der Waals surface area (Å²) >= 11 is 0. The van der Waals surface area contributed by atoms with Gasteiger partial charge in [-0.25, -0.2) is 4.79 Å². The molecule has 4 nitrogen and oxygen atoms in total. The Morgan fingerprint density at radius 2 is 2.13 bits per heavy atom. The number of rotatable bonds is 4. The van der Waals surface area contributed by atoms with E-state index in [1.165, 1.54) is 0 Å². The minimum absolute atomic E-state index is 0.100. The predicted octanol–water partition coefficient (Wildman–Crippen LogP) is 1.17. The number of nitrogens with two attached hydrogens (primary N) is 1. The number of urea groups is 1. The van der Waals surface area contributed by atoms with Crippen molar-refractivity contribution >= 4 is 6.03 Å². The van der Waals surface area contributed by atoms with Gasteiger partial charge in [-0.15, -0.1) is 0 Å². The molecule has 4 heteroatoms. The first kappa shape index (κ1) is 12.3. The van der Waals surface area contributed by atoms with Crippen LogP contribution in [0.2, 0.25) is 0 Å². The van der Waals surface area contributed by atoms with Crippen molar-refractivity contribution in [2.24, 2.45) is 11.7 Å². The quantitative estimate of drug-likeness (QED) is 0.736. The van der Waals surface area contributed by atoms with Crippen LogP contribution in [-0.2, 0) is 0 Å². The van der Waals surface area contributed by atoms with Gasteiger partial charge in [-0.2, -0.15) is 0 Å². The van der Waals surface area contributed by atoms with E-state index in [1.807, 2.05) is 4.90 Å². The van der Waals surface area contributed by atoms with Crippen LogP contribution in [0.15, 0.2) is 0 Å². The van der Waals surface area contributed by atoms with Crippen LogP contribution in [0.1, 0.15) is 32.6 Å². The normalized spacial score (nSPS) is 17.9. The smallest absolute Gasteiger partial charge is 0.317 e. The van der Waals surface area contributed by atoms with Crippen molar-refractivity contribution < 1.29 is 4.79 Å². The summed E-state index contributed by atoms with van der Waals surface area (Å²) in [4.78, 5) is 13.5. The topological polar surface area (TPSA) is 58.4 Å². The van der Waals surface area contributed by atoms with Gasteiger partial charge >= 0.3 is 6.03 Å². The number of carbonyl (C=O) groups is 1. The molecule has 0 aromatic carbocycles. The minimum Gasteiger partial charge on any atom is -0.338 e. The molecule has 1 aliphatic heterocycles. The highest BCUT2D eigenvalue weighted by Crippen LogP contribution is 2.19. The van der Waals surface area contributed by atoms with Gasteiger partial charge in [0.1, 0.15) is 0 Å². The molecule has 15 heavy (non-hydrogen) atoms. The zero-order chi connectivity index (χ0) is 11.1. The second kappa shape index (κ2) is 6.67. The van der Waals surface area contributed by atoms with Crippen LogP contribution in [-0.4, -0.2) is 37.1 Å². The number of nitrogens with zero attached hydrogens (tertiary/aromatic N) is 1. The lowest BCUT2D eigenvalue weighted by atomic mass is 9.94. The Labute approximate surface area is 92.2 Å². The largest absolute Gasteiger partial charge is 0.338 e. The summed E-state index contributed by atoms with van der Waals surface area (Å²) in [5.41, 5.74) is 5.53. The molecule has 1 rings (SSSR count). The molecule has 0 atom stereocenters. The molecule has 0 saturated carbocycles.